The molecule has 2 nitrogen and oxygen atoms in total. The summed E-state index contributed by atoms with van der Waals surface area (Å²) in [7, 11) is 0. The monoisotopic (exact) mass is 726 g/mol. The van der Waals surface area contributed by atoms with Crippen LogP contribution < -0.4 is 0 Å². The molecule has 1 aromatic heterocycles. The maximum absolute atomic E-state index is 5.44. The van der Waals surface area contributed by atoms with Crippen LogP contribution in [0.2, 0.25) is 0 Å². The fourth-order valence-electron chi connectivity index (χ4n) is 9.50. The molecule has 1 aliphatic rings. The molecule has 268 valence electrons. The van der Waals surface area contributed by atoms with Crippen molar-refractivity contribution >= 4 is 32.3 Å². The maximum atomic E-state index is 5.44. The molecule has 0 aliphatic heterocycles. The molecule has 1 heterocycles. The first kappa shape index (κ1) is 33.2. The van der Waals surface area contributed by atoms with Gasteiger partial charge in [-0.3, -0.25) is 0 Å². The van der Waals surface area contributed by atoms with Gasteiger partial charge < -0.3 is 0 Å². The summed E-state index contributed by atoms with van der Waals surface area (Å²) in [5.41, 5.74) is 15.1. The van der Waals surface area contributed by atoms with Crippen LogP contribution in [0.5, 0.6) is 0 Å². The normalized spacial score (nSPS) is 12.9. The molecule has 1 aliphatic carbocycles. The lowest BCUT2D eigenvalue weighted by molar-refractivity contribution is 0.662. The van der Waals surface area contributed by atoms with Crippen molar-refractivity contribution in [1.82, 2.24) is 9.97 Å². The number of nitrogens with zero attached hydrogens (tertiary/aromatic N) is 2. The van der Waals surface area contributed by atoms with Crippen LogP contribution in [0.3, 0.4) is 0 Å². The first-order valence-electron chi connectivity index (χ1n) is 19.8. The first-order valence-corrected chi connectivity index (χ1v) is 19.8. The van der Waals surface area contributed by atoms with Crippen LogP contribution in [0.1, 0.15) is 25.0 Å². The Morgan fingerprint density at radius 3 is 1.75 bits per heavy atom. The van der Waals surface area contributed by atoms with Gasteiger partial charge in [-0.1, -0.05) is 196 Å². The highest BCUT2D eigenvalue weighted by Crippen LogP contribution is 2.52. The number of benzene rings is 9. The summed E-state index contributed by atoms with van der Waals surface area (Å²) >= 11 is 0. The van der Waals surface area contributed by atoms with E-state index in [1.165, 1.54) is 71.4 Å². The van der Waals surface area contributed by atoms with Crippen molar-refractivity contribution in [3.63, 3.8) is 0 Å². The highest BCUT2D eigenvalue weighted by Gasteiger charge is 2.37. The minimum absolute atomic E-state index is 0.126. The van der Waals surface area contributed by atoms with Crippen molar-refractivity contribution in [1.29, 1.82) is 0 Å². The van der Waals surface area contributed by atoms with E-state index in [9.17, 15) is 0 Å². The third-order valence-electron chi connectivity index (χ3n) is 12.0. The zero-order valence-corrected chi connectivity index (χ0v) is 31.9. The van der Waals surface area contributed by atoms with Crippen molar-refractivity contribution in [2.45, 2.75) is 19.3 Å². The van der Waals surface area contributed by atoms with E-state index in [1.807, 2.05) is 6.07 Å². The summed E-state index contributed by atoms with van der Waals surface area (Å²) in [6.45, 7) is 4.71. The second kappa shape index (κ2) is 13.0. The predicted molar refractivity (Wildman–Crippen MR) is 239 cm³/mol. The highest BCUT2D eigenvalue weighted by atomic mass is 14.9. The Hall–Kier alpha value is -7.16. The Morgan fingerprint density at radius 1 is 0.368 bits per heavy atom. The predicted octanol–water partition coefficient (Wildman–Crippen LogP) is 14.6. The van der Waals surface area contributed by atoms with Gasteiger partial charge in [0, 0.05) is 22.1 Å². The van der Waals surface area contributed by atoms with E-state index in [1.54, 1.807) is 0 Å². The zero-order valence-electron chi connectivity index (χ0n) is 31.9. The van der Waals surface area contributed by atoms with Gasteiger partial charge >= 0.3 is 0 Å². The van der Waals surface area contributed by atoms with E-state index in [0.717, 1.165) is 33.5 Å². The minimum atomic E-state index is -0.126. The topological polar surface area (TPSA) is 25.8 Å². The van der Waals surface area contributed by atoms with E-state index < -0.39 is 0 Å². The van der Waals surface area contributed by atoms with Crippen molar-refractivity contribution < 1.29 is 0 Å². The minimum Gasteiger partial charge on any atom is -0.228 e. The van der Waals surface area contributed by atoms with Crippen LogP contribution in [0.25, 0.3) is 99.6 Å². The van der Waals surface area contributed by atoms with Crippen LogP contribution >= 0.6 is 0 Å². The van der Waals surface area contributed by atoms with Gasteiger partial charge in [-0.15, -0.1) is 0 Å². The molecule has 0 atom stereocenters. The number of fused-ring (bicyclic) bond motifs is 7. The number of hydrogen-bond donors (Lipinski definition) is 0. The summed E-state index contributed by atoms with van der Waals surface area (Å²) in [5, 5.41) is 7.22. The zero-order chi connectivity index (χ0) is 38.1. The molecule has 0 saturated carbocycles. The second-order valence-electron chi connectivity index (χ2n) is 15.7. The first-order chi connectivity index (χ1) is 28.0. The van der Waals surface area contributed by atoms with Crippen LogP contribution in [0, 0.1) is 0 Å². The standard InChI is InChI=1S/C55H38N2/c1-55(2)47-30-14-13-25-42(47)45-29-16-28-41(53(45)55)38-22-15-23-39(33-38)48-34-49(57-54(56-48)37-20-7-4-8-21-37)51-44-27-12-11-26-43(44)50(36-18-5-3-6-19-36)52-40-24-10-9-17-35(40)31-32-46(51)52/h3-34H,1-2H3. The van der Waals surface area contributed by atoms with E-state index >= 15 is 0 Å². The molecule has 0 N–H and O–H groups in total. The molecule has 57 heavy (non-hydrogen) atoms. The molecule has 0 fully saturated rings. The van der Waals surface area contributed by atoms with Crippen molar-refractivity contribution in [2.75, 3.05) is 0 Å². The fourth-order valence-corrected chi connectivity index (χ4v) is 9.50. The Bertz CT molecular complexity index is 3200. The SMILES string of the molecule is CC1(C)c2ccccc2-c2cccc(-c3cccc(-c4cc(-c5c6ccccc6c(-c6ccccc6)c6c5ccc5ccccc56)nc(-c5ccccc5)n4)c3)c21. The molecule has 9 aromatic carbocycles. The van der Waals surface area contributed by atoms with Gasteiger partial charge in [0.1, 0.15) is 0 Å². The van der Waals surface area contributed by atoms with Crippen LogP contribution in [-0.4, -0.2) is 9.97 Å². The van der Waals surface area contributed by atoms with Gasteiger partial charge in [0.25, 0.3) is 0 Å². The Kier molecular flexibility index (Phi) is 7.55. The summed E-state index contributed by atoms with van der Waals surface area (Å²) in [5.74, 6) is 0.704. The number of rotatable bonds is 5. The molecule has 0 bridgehead atoms. The molecule has 11 rings (SSSR count). The summed E-state index contributed by atoms with van der Waals surface area (Å²) < 4.78 is 0. The van der Waals surface area contributed by atoms with Crippen LogP contribution in [-0.2, 0) is 5.41 Å². The van der Waals surface area contributed by atoms with Gasteiger partial charge in [0.15, 0.2) is 5.82 Å². The second-order valence-corrected chi connectivity index (χ2v) is 15.7. The molecule has 0 spiro atoms. The molecule has 0 unspecified atom stereocenters. The van der Waals surface area contributed by atoms with Gasteiger partial charge in [-0.2, -0.15) is 0 Å². The van der Waals surface area contributed by atoms with E-state index in [2.05, 4.69) is 202 Å². The lowest BCUT2D eigenvalue weighted by Crippen LogP contribution is -2.16. The lowest BCUT2D eigenvalue weighted by Gasteiger charge is -2.24. The van der Waals surface area contributed by atoms with Crippen LogP contribution in [0.15, 0.2) is 194 Å². The molecule has 0 amide bonds. The number of aromatic nitrogens is 2. The molecular weight excluding hydrogens is 689 g/mol. The molecule has 10 aromatic rings. The summed E-state index contributed by atoms with van der Waals surface area (Å²) in [6, 6.07) is 70.1. The fraction of sp³-hybridized carbons (Fsp3) is 0.0545. The Labute approximate surface area is 332 Å². The third-order valence-corrected chi connectivity index (χ3v) is 12.0. The quantitative estimate of drug-likeness (QED) is 0.130. The Morgan fingerprint density at radius 2 is 0.947 bits per heavy atom. The van der Waals surface area contributed by atoms with E-state index in [-0.39, 0.29) is 5.41 Å². The van der Waals surface area contributed by atoms with Crippen molar-refractivity contribution in [3.05, 3.63) is 205 Å². The largest absolute Gasteiger partial charge is 0.228 e. The van der Waals surface area contributed by atoms with Crippen molar-refractivity contribution in [3.8, 4) is 67.3 Å². The van der Waals surface area contributed by atoms with Gasteiger partial charge in [-0.05, 0) is 89.0 Å². The van der Waals surface area contributed by atoms with E-state index in [0.29, 0.717) is 5.82 Å². The van der Waals surface area contributed by atoms with E-state index in [4.69, 9.17) is 9.97 Å². The molecule has 2 heteroatoms. The van der Waals surface area contributed by atoms with Gasteiger partial charge in [0.2, 0.25) is 0 Å². The van der Waals surface area contributed by atoms with Gasteiger partial charge in [-0.25, -0.2) is 9.97 Å². The van der Waals surface area contributed by atoms with Gasteiger partial charge in [0.05, 0.1) is 11.4 Å². The summed E-state index contributed by atoms with van der Waals surface area (Å²) in [6.07, 6.45) is 0. The maximum Gasteiger partial charge on any atom is 0.160 e. The third kappa shape index (κ3) is 5.25. The van der Waals surface area contributed by atoms with Crippen molar-refractivity contribution in [2.24, 2.45) is 0 Å². The smallest absolute Gasteiger partial charge is 0.160 e. The molecule has 0 radical (unpaired) electrons. The highest BCUT2D eigenvalue weighted by molar-refractivity contribution is 6.27. The van der Waals surface area contributed by atoms with Crippen LogP contribution in [0.4, 0.5) is 0 Å². The summed E-state index contributed by atoms with van der Waals surface area (Å²) in [4.78, 5) is 10.8. The average Bonchev–Trinajstić information content (AvgIpc) is 3.51. The number of hydrogen-bond acceptors (Lipinski definition) is 2. The molecular formula is C55H38N2. The average molecular weight is 727 g/mol. The molecule has 0 saturated heterocycles. The lowest BCUT2D eigenvalue weighted by atomic mass is 9.78. The Balaban J connectivity index is 1.18.